The summed E-state index contributed by atoms with van der Waals surface area (Å²) in [5.41, 5.74) is 0.874. The van der Waals surface area contributed by atoms with Gasteiger partial charge in [0.25, 0.3) is 0 Å². The molecule has 0 radical (unpaired) electrons. The molecule has 0 bridgehead atoms. The molecule has 2 rings (SSSR count). The molecule has 1 N–H and O–H groups in total. The molecule has 0 aromatic carbocycles. The molecular formula is C10H16N2OS. The average Bonchev–Trinajstić information content (AvgIpc) is 2.85. The lowest BCUT2D eigenvalue weighted by Crippen LogP contribution is -2.17. The van der Waals surface area contributed by atoms with E-state index in [0.29, 0.717) is 0 Å². The van der Waals surface area contributed by atoms with Gasteiger partial charge in [0.15, 0.2) is 5.13 Å². The Bertz CT molecular complexity index is 284. The predicted molar refractivity (Wildman–Crippen MR) is 58.9 cm³/mol. The fourth-order valence-electron chi connectivity index (χ4n) is 1.81. The first kappa shape index (κ1) is 9.93. The third kappa shape index (κ3) is 1.77. The lowest BCUT2D eigenvalue weighted by Gasteiger charge is -2.12. The van der Waals surface area contributed by atoms with Crippen LogP contribution in [-0.4, -0.2) is 23.2 Å². The summed E-state index contributed by atoms with van der Waals surface area (Å²) in [6, 6.07) is 0. The van der Waals surface area contributed by atoms with Crippen LogP contribution in [0.5, 0.6) is 0 Å². The van der Waals surface area contributed by atoms with E-state index < -0.39 is 0 Å². The highest BCUT2D eigenvalue weighted by atomic mass is 32.1. The minimum Gasteiger partial charge on any atom is -0.390 e. The topological polar surface area (TPSA) is 36.4 Å². The van der Waals surface area contributed by atoms with Crippen LogP contribution in [0.2, 0.25) is 0 Å². The van der Waals surface area contributed by atoms with Crippen LogP contribution in [0.3, 0.4) is 0 Å². The van der Waals surface area contributed by atoms with Crippen LogP contribution >= 0.6 is 11.3 Å². The highest BCUT2D eigenvalue weighted by Gasteiger charge is 2.17. The fourth-order valence-corrected chi connectivity index (χ4v) is 2.87. The number of hydrogen-bond acceptors (Lipinski definition) is 4. The van der Waals surface area contributed by atoms with Crippen molar-refractivity contribution < 1.29 is 5.11 Å². The predicted octanol–water partition coefficient (Wildman–Crippen LogP) is 1.80. The molecule has 78 valence electrons. The molecule has 0 aliphatic carbocycles. The summed E-state index contributed by atoms with van der Waals surface area (Å²) in [6.45, 7) is 4.44. The van der Waals surface area contributed by atoms with Crippen molar-refractivity contribution in [3.05, 3.63) is 10.6 Å². The SMILES string of the molecule is CCc1sc(N2CCCC2)nc1CO. The standard InChI is InChI=1S/C10H16N2OS/c1-2-9-8(7-13)11-10(14-9)12-5-3-4-6-12/h13H,2-7H2,1H3. The van der Waals surface area contributed by atoms with Crippen molar-refractivity contribution in [2.24, 2.45) is 0 Å². The largest absolute Gasteiger partial charge is 0.390 e. The Morgan fingerprint density at radius 3 is 2.64 bits per heavy atom. The number of anilines is 1. The van der Waals surface area contributed by atoms with Gasteiger partial charge in [0, 0.05) is 18.0 Å². The summed E-state index contributed by atoms with van der Waals surface area (Å²) in [6.07, 6.45) is 3.52. The Morgan fingerprint density at radius 1 is 1.43 bits per heavy atom. The second-order valence-electron chi connectivity index (χ2n) is 3.57. The monoisotopic (exact) mass is 212 g/mol. The molecule has 0 unspecified atom stereocenters. The van der Waals surface area contributed by atoms with Crippen molar-refractivity contribution in [2.45, 2.75) is 32.8 Å². The molecule has 1 saturated heterocycles. The van der Waals surface area contributed by atoms with E-state index in [-0.39, 0.29) is 6.61 Å². The first-order valence-electron chi connectivity index (χ1n) is 5.19. The molecule has 3 nitrogen and oxygen atoms in total. The maximum atomic E-state index is 9.13. The van der Waals surface area contributed by atoms with Gasteiger partial charge in [-0.2, -0.15) is 0 Å². The summed E-state index contributed by atoms with van der Waals surface area (Å²) < 4.78 is 0. The maximum Gasteiger partial charge on any atom is 0.185 e. The quantitative estimate of drug-likeness (QED) is 0.830. The van der Waals surface area contributed by atoms with Crippen molar-refractivity contribution in [1.29, 1.82) is 0 Å². The van der Waals surface area contributed by atoms with Crippen LogP contribution in [-0.2, 0) is 13.0 Å². The molecule has 1 aromatic rings. The zero-order valence-electron chi connectivity index (χ0n) is 8.49. The first-order chi connectivity index (χ1) is 6.85. The minimum atomic E-state index is 0.0769. The van der Waals surface area contributed by atoms with E-state index in [9.17, 15) is 0 Å². The van der Waals surface area contributed by atoms with Crippen molar-refractivity contribution in [3.8, 4) is 0 Å². The molecule has 1 aliphatic heterocycles. The van der Waals surface area contributed by atoms with E-state index in [1.807, 2.05) is 0 Å². The summed E-state index contributed by atoms with van der Waals surface area (Å²) in [5, 5.41) is 10.2. The molecule has 1 aromatic heterocycles. The molecule has 14 heavy (non-hydrogen) atoms. The van der Waals surface area contributed by atoms with E-state index in [1.54, 1.807) is 11.3 Å². The summed E-state index contributed by atoms with van der Waals surface area (Å²) in [5.74, 6) is 0. The van der Waals surface area contributed by atoms with Crippen molar-refractivity contribution in [1.82, 2.24) is 4.98 Å². The van der Waals surface area contributed by atoms with Gasteiger partial charge >= 0.3 is 0 Å². The van der Waals surface area contributed by atoms with Crippen LogP contribution in [0, 0.1) is 0 Å². The lowest BCUT2D eigenvalue weighted by molar-refractivity contribution is 0.276. The molecule has 4 heteroatoms. The van der Waals surface area contributed by atoms with Gasteiger partial charge in [0.2, 0.25) is 0 Å². The van der Waals surface area contributed by atoms with Crippen molar-refractivity contribution in [2.75, 3.05) is 18.0 Å². The summed E-state index contributed by atoms with van der Waals surface area (Å²) >= 11 is 1.74. The number of aryl methyl sites for hydroxylation is 1. The maximum absolute atomic E-state index is 9.13. The highest BCUT2D eigenvalue weighted by Crippen LogP contribution is 2.29. The van der Waals surface area contributed by atoms with Gasteiger partial charge in [-0.3, -0.25) is 0 Å². The third-order valence-electron chi connectivity index (χ3n) is 2.61. The number of rotatable bonds is 3. The van der Waals surface area contributed by atoms with Gasteiger partial charge < -0.3 is 10.0 Å². The van der Waals surface area contributed by atoms with E-state index in [0.717, 1.165) is 30.3 Å². The van der Waals surface area contributed by atoms with Crippen LogP contribution in [0.4, 0.5) is 5.13 Å². The zero-order chi connectivity index (χ0) is 9.97. The van der Waals surface area contributed by atoms with Gasteiger partial charge in [0.1, 0.15) is 0 Å². The molecule has 0 saturated carbocycles. The van der Waals surface area contributed by atoms with E-state index in [1.165, 1.54) is 17.7 Å². The Kier molecular flexibility index (Phi) is 3.03. The third-order valence-corrected chi connectivity index (χ3v) is 3.92. The first-order valence-corrected chi connectivity index (χ1v) is 6.01. The van der Waals surface area contributed by atoms with Gasteiger partial charge in [-0.15, -0.1) is 11.3 Å². The van der Waals surface area contributed by atoms with Crippen molar-refractivity contribution >= 4 is 16.5 Å². The molecule has 2 heterocycles. The highest BCUT2D eigenvalue weighted by molar-refractivity contribution is 7.15. The zero-order valence-corrected chi connectivity index (χ0v) is 9.31. The molecule has 0 atom stereocenters. The number of aromatic nitrogens is 1. The molecule has 1 fully saturated rings. The van der Waals surface area contributed by atoms with Gasteiger partial charge in [-0.25, -0.2) is 4.98 Å². The minimum absolute atomic E-state index is 0.0769. The number of thiazole rings is 1. The Hall–Kier alpha value is -0.610. The Balaban J connectivity index is 2.21. The number of nitrogens with zero attached hydrogens (tertiary/aromatic N) is 2. The van der Waals surface area contributed by atoms with Crippen LogP contribution in [0.25, 0.3) is 0 Å². The summed E-state index contributed by atoms with van der Waals surface area (Å²) in [7, 11) is 0. The van der Waals surface area contributed by atoms with Crippen molar-refractivity contribution in [3.63, 3.8) is 0 Å². The Labute approximate surface area is 88.4 Å². The van der Waals surface area contributed by atoms with Gasteiger partial charge in [-0.1, -0.05) is 6.92 Å². The fraction of sp³-hybridized carbons (Fsp3) is 0.700. The number of aliphatic hydroxyl groups is 1. The number of aliphatic hydroxyl groups excluding tert-OH is 1. The molecular weight excluding hydrogens is 196 g/mol. The average molecular weight is 212 g/mol. The van der Waals surface area contributed by atoms with Gasteiger partial charge in [-0.05, 0) is 19.3 Å². The van der Waals surface area contributed by atoms with Crippen LogP contribution in [0.1, 0.15) is 30.3 Å². The lowest BCUT2D eigenvalue weighted by atomic mass is 10.3. The molecule has 0 amide bonds. The van der Waals surface area contributed by atoms with Gasteiger partial charge in [0.05, 0.1) is 12.3 Å². The van der Waals surface area contributed by atoms with E-state index in [4.69, 9.17) is 5.11 Å². The number of hydrogen-bond donors (Lipinski definition) is 1. The van der Waals surface area contributed by atoms with E-state index >= 15 is 0 Å². The molecule has 0 spiro atoms. The molecule has 1 aliphatic rings. The normalized spacial score (nSPS) is 16.6. The second-order valence-corrected chi connectivity index (χ2v) is 4.63. The van der Waals surface area contributed by atoms with Crippen LogP contribution < -0.4 is 4.90 Å². The second kappa shape index (κ2) is 4.28. The summed E-state index contributed by atoms with van der Waals surface area (Å²) in [4.78, 5) is 8.03. The smallest absolute Gasteiger partial charge is 0.185 e. The van der Waals surface area contributed by atoms with E-state index in [2.05, 4.69) is 16.8 Å². The Morgan fingerprint density at radius 2 is 2.14 bits per heavy atom. The van der Waals surface area contributed by atoms with Crippen LogP contribution in [0.15, 0.2) is 0 Å².